The monoisotopic (exact) mass is 341 g/mol. The summed E-state index contributed by atoms with van der Waals surface area (Å²) in [5.74, 6) is 3.99. The van der Waals surface area contributed by atoms with Crippen LogP contribution in [0.3, 0.4) is 0 Å². The van der Waals surface area contributed by atoms with Gasteiger partial charge < -0.3 is 5.32 Å². The summed E-state index contributed by atoms with van der Waals surface area (Å²) in [6.07, 6.45) is 7.49. The Labute approximate surface area is 155 Å². The third-order valence-corrected chi connectivity index (χ3v) is 7.61. The van der Waals surface area contributed by atoms with Gasteiger partial charge in [0.05, 0.1) is 0 Å². The van der Waals surface area contributed by atoms with Crippen molar-refractivity contribution in [2.24, 2.45) is 23.7 Å². The summed E-state index contributed by atoms with van der Waals surface area (Å²) in [4.78, 5) is 0. The maximum Gasteiger partial charge on any atom is 0.0214 e. The smallest absolute Gasteiger partial charge is 0.0214 e. The molecule has 3 aromatic carbocycles. The minimum Gasteiger partial charge on any atom is -0.309 e. The molecule has 0 amide bonds. The van der Waals surface area contributed by atoms with E-state index in [1.165, 1.54) is 59.2 Å². The van der Waals surface area contributed by atoms with Gasteiger partial charge in [-0.05, 0) is 89.0 Å². The highest BCUT2D eigenvalue weighted by molar-refractivity contribution is 6.08. The van der Waals surface area contributed by atoms with Crippen LogP contribution in [0.5, 0.6) is 0 Å². The molecule has 4 bridgehead atoms. The van der Waals surface area contributed by atoms with Crippen LogP contribution in [0.1, 0.15) is 37.7 Å². The molecule has 3 aromatic rings. The molecular weight excluding hydrogens is 314 g/mol. The SMILES string of the molecule is c1ccc2c(c1)cc(CNC1C3CC4CC(C3)CC1C4)c1ccccc12. The van der Waals surface area contributed by atoms with Crippen molar-refractivity contribution < 1.29 is 0 Å². The minimum absolute atomic E-state index is 0.757. The molecule has 0 heterocycles. The van der Waals surface area contributed by atoms with E-state index in [1.54, 1.807) is 0 Å². The Balaban J connectivity index is 1.34. The molecule has 132 valence electrons. The van der Waals surface area contributed by atoms with Crippen molar-refractivity contribution >= 4 is 21.5 Å². The molecule has 0 atom stereocenters. The van der Waals surface area contributed by atoms with E-state index < -0.39 is 0 Å². The van der Waals surface area contributed by atoms with Gasteiger partial charge in [-0.1, -0.05) is 48.5 Å². The van der Waals surface area contributed by atoms with E-state index in [2.05, 4.69) is 59.9 Å². The van der Waals surface area contributed by atoms with Gasteiger partial charge in [-0.25, -0.2) is 0 Å². The van der Waals surface area contributed by atoms with Crippen LogP contribution in [-0.2, 0) is 6.54 Å². The van der Waals surface area contributed by atoms with Crippen molar-refractivity contribution in [3.63, 3.8) is 0 Å². The van der Waals surface area contributed by atoms with Crippen molar-refractivity contribution in [3.8, 4) is 0 Å². The van der Waals surface area contributed by atoms with E-state index in [0.29, 0.717) is 0 Å². The summed E-state index contributed by atoms with van der Waals surface area (Å²) in [5, 5.41) is 9.60. The average molecular weight is 341 g/mol. The van der Waals surface area contributed by atoms with Gasteiger partial charge in [0.2, 0.25) is 0 Å². The molecule has 1 N–H and O–H groups in total. The Morgan fingerprint density at radius 3 is 2.04 bits per heavy atom. The summed E-state index contributed by atoms with van der Waals surface area (Å²) in [6.45, 7) is 1.01. The third kappa shape index (κ3) is 2.33. The minimum atomic E-state index is 0.757. The van der Waals surface area contributed by atoms with Gasteiger partial charge in [0.15, 0.2) is 0 Å². The van der Waals surface area contributed by atoms with Crippen molar-refractivity contribution in [1.82, 2.24) is 5.32 Å². The predicted molar refractivity (Wildman–Crippen MR) is 109 cm³/mol. The Bertz CT molecular complexity index is 944. The molecule has 4 saturated carbocycles. The highest BCUT2D eigenvalue weighted by atomic mass is 14.9. The molecule has 4 aliphatic rings. The lowest BCUT2D eigenvalue weighted by Crippen LogP contribution is -2.54. The molecule has 0 aromatic heterocycles. The fraction of sp³-hybridized carbons (Fsp3) is 0.440. The van der Waals surface area contributed by atoms with Crippen LogP contribution < -0.4 is 5.32 Å². The first-order valence-electron chi connectivity index (χ1n) is 10.5. The second-order valence-corrected chi connectivity index (χ2v) is 9.14. The molecule has 4 aliphatic carbocycles. The first kappa shape index (κ1) is 15.2. The quantitative estimate of drug-likeness (QED) is 0.584. The lowest BCUT2D eigenvalue weighted by atomic mass is 9.54. The summed E-state index contributed by atoms with van der Waals surface area (Å²) in [7, 11) is 0. The summed E-state index contributed by atoms with van der Waals surface area (Å²) in [5.41, 5.74) is 1.47. The van der Waals surface area contributed by atoms with Crippen LogP contribution in [0.15, 0.2) is 54.6 Å². The average Bonchev–Trinajstić information content (AvgIpc) is 2.67. The van der Waals surface area contributed by atoms with Gasteiger partial charge >= 0.3 is 0 Å². The first-order chi connectivity index (χ1) is 12.8. The number of rotatable bonds is 3. The van der Waals surface area contributed by atoms with Crippen molar-refractivity contribution in [2.45, 2.75) is 44.7 Å². The molecule has 7 rings (SSSR count). The van der Waals surface area contributed by atoms with E-state index >= 15 is 0 Å². The van der Waals surface area contributed by atoms with Crippen LogP contribution in [0, 0.1) is 23.7 Å². The van der Waals surface area contributed by atoms with Crippen molar-refractivity contribution in [1.29, 1.82) is 0 Å². The van der Waals surface area contributed by atoms with Gasteiger partial charge in [-0.2, -0.15) is 0 Å². The van der Waals surface area contributed by atoms with Crippen LogP contribution in [0.25, 0.3) is 21.5 Å². The van der Waals surface area contributed by atoms with Gasteiger partial charge in [0.1, 0.15) is 0 Å². The molecule has 0 spiro atoms. The van der Waals surface area contributed by atoms with E-state index in [1.807, 2.05) is 0 Å². The highest BCUT2D eigenvalue weighted by Gasteiger charge is 2.47. The summed E-state index contributed by atoms with van der Waals surface area (Å²) in [6, 6.07) is 20.9. The number of fused-ring (bicyclic) bond motifs is 3. The van der Waals surface area contributed by atoms with E-state index in [9.17, 15) is 0 Å². The van der Waals surface area contributed by atoms with Crippen LogP contribution in [0.4, 0.5) is 0 Å². The molecule has 1 heteroatoms. The van der Waals surface area contributed by atoms with Crippen molar-refractivity contribution in [2.75, 3.05) is 0 Å². The topological polar surface area (TPSA) is 12.0 Å². The molecule has 0 unspecified atom stereocenters. The standard InChI is InChI=1S/C25H27N/c1-2-6-22-18(5-1)14-21(23-7-3-4-8-24(22)23)15-26-25-19-10-16-9-17(12-19)13-20(25)11-16/h1-8,14,16-17,19-20,25-26H,9-13,15H2. The first-order valence-corrected chi connectivity index (χ1v) is 10.5. The molecule has 0 saturated heterocycles. The second-order valence-electron chi connectivity index (χ2n) is 9.14. The van der Waals surface area contributed by atoms with E-state index in [-0.39, 0.29) is 0 Å². The molecule has 0 radical (unpaired) electrons. The Hall–Kier alpha value is -1.86. The third-order valence-electron chi connectivity index (χ3n) is 7.61. The Kier molecular flexibility index (Phi) is 3.41. The van der Waals surface area contributed by atoms with Gasteiger partial charge in [-0.3, -0.25) is 0 Å². The zero-order valence-electron chi connectivity index (χ0n) is 15.3. The molecule has 1 nitrogen and oxygen atoms in total. The van der Waals surface area contributed by atoms with Gasteiger partial charge in [-0.15, -0.1) is 0 Å². The zero-order chi connectivity index (χ0) is 17.1. The molecule has 26 heavy (non-hydrogen) atoms. The molecular formula is C25H27N. The lowest BCUT2D eigenvalue weighted by molar-refractivity contribution is -0.0142. The number of benzene rings is 3. The number of hydrogen-bond donors (Lipinski definition) is 1. The summed E-state index contributed by atoms with van der Waals surface area (Å²) < 4.78 is 0. The maximum absolute atomic E-state index is 4.04. The number of hydrogen-bond acceptors (Lipinski definition) is 1. The number of nitrogens with one attached hydrogen (secondary N) is 1. The molecule has 0 aliphatic heterocycles. The molecule has 4 fully saturated rings. The van der Waals surface area contributed by atoms with Crippen LogP contribution in [0.2, 0.25) is 0 Å². The normalized spacial score (nSPS) is 32.5. The van der Waals surface area contributed by atoms with Gasteiger partial charge in [0.25, 0.3) is 0 Å². The summed E-state index contributed by atoms with van der Waals surface area (Å²) >= 11 is 0. The van der Waals surface area contributed by atoms with E-state index in [0.717, 1.165) is 36.3 Å². The zero-order valence-corrected chi connectivity index (χ0v) is 15.3. The Morgan fingerprint density at radius 1 is 0.692 bits per heavy atom. The van der Waals surface area contributed by atoms with Crippen LogP contribution in [-0.4, -0.2) is 6.04 Å². The van der Waals surface area contributed by atoms with E-state index in [4.69, 9.17) is 0 Å². The van der Waals surface area contributed by atoms with Crippen LogP contribution >= 0.6 is 0 Å². The lowest BCUT2D eigenvalue weighted by Gasteiger charge is -2.54. The largest absolute Gasteiger partial charge is 0.309 e. The maximum atomic E-state index is 4.04. The van der Waals surface area contributed by atoms with Gasteiger partial charge in [0, 0.05) is 12.6 Å². The fourth-order valence-corrected chi connectivity index (χ4v) is 6.76. The predicted octanol–water partition coefficient (Wildman–Crippen LogP) is 5.91. The Morgan fingerprint density at radius 2 is 1.31 bits per heavy atom. The highest BCUT2D eigenvalue weighted by Crippen LogP contribution is 2.53. The second kappa shape index (κ2) is 5.82. The van der Waals surface area contributed by atoms with Crippen molar-refractivity contribution in [3.05, 3.63) is 60.2 Å². The fourth-order valence-electron chi connectivity index (χ4n) is 6.76.